The van der Waals surface area contributed by atoms with Crippen LogP contribution in [0.5, 0.6) is 6.01 Å². The third kappa shape index (κ3) is 5.65. The molecule has 174 valence electrons. The molecule has 0 spiro atoms. The highest BCUT2D eigenvalue weighted by molar-refractivity contribution is 6.04. The standard InChI is InChI=1S/C26H25FN4O3/c1-3-33-15-16-34-26-29-24(19-9-7-18(2)8-10-19)31(30-26)23-6-4-5-22(17-23)28-25(32)20-11-13-21(27)14-12-20/h4-14,17H,3,15-16H2,1-2H3,(H,28,32). The molecule has 7 nitrogen and oxygen atoms in total. The van der Waals surface area contributed by atoms with Gasteiger partial charge in [-0.15, -0.1) is 5.10 Å². The third-order valence-electron chi connectivity index (χ3n) is 5.02. The van der Waals surface area contributed by atoms with Crippen LogP contribution in [0.1, 0.15) is 22.8 Å². The molecule has 0 bridgehead atoms. The van der Waals surface area contributed by atoms with Gasteiger partial charge in [0.1, 0.15) is 12.4 Å². The van der Waals surface area contributed by atoms with Crippen LogP contribution in [0.15, 0.2) is 72.8 Å². The highest BCUT2D eigenvalue weighted by Crippen LogP contribution is 2.25. The Bertz CT molecular complexity index is 1250. The third-order valence-corrected chi connectivity index (χ3v) is 5.02. The molecule has 3 aromatic carbocycles. The summed E-state index contributed by atoms with van der Waals surface area (Å²) in [6.07, 6.45) is 0. The van der Waals surface area contributed by atoms with Gasteiger partial charge in [-0.05, 0) is 56.3 Å². The van der Waals surface area contributed by atoms with Crippen molar-refractivity contribution in [1.29, 1.82) is 0 Å². The van der Waals surface area contributed by atoms with E-state index in [0.717, 1.165) is 11.1 Å². The maximum atomic E-state index is 13.2. The lowest BCUT2D eigenvalue weighted by atomic mass is 10.1. The molecule has 0 saturated heterocycles. The molecule has 1 heterocycles. The number of anilines is 1. The van der Waals surface area contributed by atoms with Crippen molar-refractivity contribution < 1.29 is 18.7 Å². The average Bonchev–Trinajstić information content (AvgIpc) is 3.27. The predicted octanol–water partition coefficient (Wildman–Crippen LogP) is 5.05. The average molecular weight is 461 g/mol. The van der Waals surface area contributed by atoms with Gasteiger partial charge in [-0.1, -0.05) is 35.9 Å². The van der Waals surface area contributed by atoms with Crippen molar-refractivity contribution in [2.24, 2.45) is 0 Å². The molecule has 8 heteroatoms. The number of benzene rings is 3. The minimum absolute atomic E-state index is 0.232. The molecule has 0 radical (unpaired) electrons. The second-order valence-electron chi connectivity index (χ2n) is 7.55. The number of halogens is 1. The van der Waals surface area contributed by atoms with Crippen molar-refractivity contribution in [2.75, 3.05) is 25.1 Å². The van der Waals surface area contributed by atoms with Gasteiger partial charge < -0.3 is 14.8 Å². The summed E-state index contributed by atoms with van der Waals surface area (Å²) in [6.45, 7) is 5.32. The van der Waals surface area contributed by atoms with Crippen LogP contribution in [-0.2, 0) is 4.74 Å². The Hall–Kier alpha value is -4.04. The van der Waals surface area contributed by atoms with E-state index in [0.29, 0.717) is 42.6 Å². The summed E-state index contributed by atoms with van der Waals surface area (Å²) < 4.78 is 25.9. The first-order valence-electron chi connectivity index (χ1n) is 11.0. The first-order valence-corrected chi connectivity index (χ1v) is 11.0. The number of nitrogens with zero attached hydrogens (tertiary/aromatic N) is 3. The molecule has 0 aliphatic carbocycles. The zero-order chi connectivity index (χ0) is 23.9. The van der Waals surface area contributed by atoms with Crippen LogP contribution in [0.25, 0.3) is 17.1 Å². The van der Waals surface area contributed by atoms with E-state index in [1.54, 1.807) is 16.8 Å². The van der Waals surface area contributed by atoms with Gasteiger partial charge in [0.05, 0.1) is 12.3 Å². The van der Waals surface area contributed by atoms with Crippen molar-refractivity contribution >= 4 is 11.6 Å². The number of aryl methyl sites for hydroxylation is 1. The van der Waals surface area contributed by atoms with Crippen LogP contribution in [0.2, 0.25) is 0 Å². The lowest BCUT2D eigenvalue weighted by Crippen LogP contribution is -2.12. The van der Waals surface area contributed by atoms with Gasteiger partial charge in [-0.2, -0.15) is 4.98 Å². The first kappa shape index (κ1) is 23.1. The van der Waals surface area contributed by atoms with Gasteiger partial charge in [0.25, 0.3) is 5.91 Å². The highest BCUT2D eigenvalue weighted by Gasteiger charge is 2.16. The summed E-state index contributed by atoms with van der Waals surface area (Å²) in [5, 5.41) is 7.38. The molecule has 0 atom stereocenters. The molecular formula is C26H25FN4O3. The number of rotatable bonds is 9. The Morgan fingerprint density at radius 1 is 1.03 bits per heavy atom. The molecule has 4 rings (SSSR count). The van der Waals surface area contributed by atoms with E-state index in [4.69, 9.17) is 9.47 Å². The minimum atomic E-state index is -0.396. The fourth-order valence-electron chi connectivity index (χ4n) is 3.28. The number of carbonyl (C=O) groups is 1. The number of ether oxygens (including phenoxy) is 2. The van der Waals surface area contributed by atoms with Gasteiger partial charge >= 0.3 is 6.01 Å². The number of carbonyl (C=O) groups excluding carboxylic acids is 1. The molecule has 0 unspecified atom stereocenters. The molecule has 1 amide bonds. The summed E-state index contributed by atoms with van der Waals surface area (Å²) in [4.78, 5) is 17.2. The lowest BCUT2D eigenvalue weighted by molar-refractivity contribution is 0.102. The van der Waals surface area contributed by atoms with E-state index >= 15 is 0 Å². The van der Waals surface area contributed by atoms with Crippen LogP contribution < -0.4 is 10.1 Å². The molecule has 0 saturated carbocycles. The van der Waals surface area contributed by atoms with E-state index in [2.05, 4.69) is 15.4 Å². The fourth-order valence-corrected chi connectivity index (χ4v) is 3.28. The van der Waals surface area contributed by atoms with E-state index in [9.17, 15) is 9.18 Å². The quantitative estimate of drug-likeness (QED) is 0.354. The molecule has 0 fully saturated rings. The second kappa shape index (κ2) is 10.7. The number of amides is 1. The molecule has 4 aromatic rings. The molecule has 0 aliphatic heterocycles. The van der Waals surface area contributed by atoms with Crippen LogP contribution in [-0.4, -0.2) is 40.5 Å². The van der Waals surface area contributed by atoms with E-state index in [1.807, 2.05) is 50.2 Å². The van der Waals surface area contributed by atoms with E-state index < -0.39 is 5.82 Å². The molecule has 1 N–H and O–H groups in total. The van der Waals surface area contributed by atoms with Crippen LogP contribution in [0.4, 0.5) is 10.1 Å². The van der Waals surface area contributed by atoms with E-state index in [1.165, 1.54) is 24.3 Å². The van der Waals surface area contributed by atoms with Gasteiger partial charge in [0.15, 0.2) is 5.82 Å². The summed E-state index contributed by atoms with van der Waals surface area (Å²) >= 11 is 0. The number of hydrogen-bond donors (Lipinski definition) is 1. The molecule has 0 aliphatic rings. The number of aromatic nitrogens is 3. The summed E-state index contributed by atoms with van der Waals surface area (Å²) in [7, 11) is 0. The van der Waals surface area contributed by atoms with Gasteiger partial charge in [0.2, 0.25) is 0 Å². The Kier molecular flexibility index (Phi) is 7.29. The van der Waals surface area contributed by atoms with Crippen molar-refractivity contribution in [3.8, 4) is 23.1 Å². The Labute approximate surface area is 197 Å². The van der Waals surface area contributed by atoms with Gasteiger partial charge in [0, 0.05) is 23.4 Å². The SMILES string of the molecule is CCOCCOc1nc(-c2ccc(C)cc2)n(-c2cccc(NC(=O)c3ccc(F)cc3)c2)n1. The summed E-state index contributed by atoms with van der Waals surface area (Å²) in [5.74, 6) is -0.129. The normalized spacial score (nSPS) is 10.8. The zero-order valence-corrected chi connectivity index (χ0v) is 19.0. The van der Waals surface area contributed by atoms with Crippen molar-refractivity contribution in [2.45, 2.75) is 13.8 Å². The Morgan fingerprint density at radius 2 is 1.79 bits per heavy atom. The zero-order valence-electron chi connectivity index (χ0n) is 19.0. The van der Waals surface area contributed by atoms with Gasteiger partial charge in [-0.3, -0.25) is 4.79 Å². The Morgan fingerprint density at radius 3 is 2.53 bits per heavy atom. The maximum absolute atomic E-state index is 13.2. The lowest BCUT2D eigenvalue weighted by Gasteiger charge is -2.10. The summed E-state index contributed by atoms with van der Waals surface area (Å²) in [5.41, 5.74) is 3.63. The second-order valence-corrected chi connectivity index (χ2v) is 7.55. The number of nitrogens with one attached hydrogen (secondary N) is 1. The van der Waals surface area contributed by atoms with Crippen LogP contribution in [0.3, 0.4) is 0 Å². The van der Waals surface area contributed by atoms with Crippen LogP contribution >= 0.6 is 0 Å². The van der Waals surface area contributed by atoms with E-state index in [-0.39, 0.29) is 11.9 Å². The fraction of sp³-hybridized carbons (Fsp3) is 0.192. The minimum Gasteiger partial charge on any atom is -0.460 e. The maximum Gasteiger partial charge on any atom is 0.336 e. The van der Waals surface area contributed by atoms with Crippen molar-refractivity contribution in [1.82, 2.24) is 14.8 Å². The molecular weight excluding hydrogens is 435 g/mol. The van der Waals surface area contributed by atoms with Crippen molar-refractivity contribution in [3.05, 3.63) is 89.7 Å². The van der Waals surface area contributed by atoms with Gasteiger partial charge in [-0.25, -0.2) is 9.07 Å². The smallest absolute Gasteiger partial charge is 0.336 e. The monoisotopic (exact) mass is 460 g/mol. The molecule has 1 aromatic heterocycles. The molecule has 34 heavy (non-hydrogen) atoms. The Balaban J connectivity index is 1.62. The van der Waals surface area contributed by atoms with Crippen LogP contribution in [0, 0.1) is 12.7 Å². The predicted molar refractivity (Wildman–Crippen MR) is 128 cm³/mol. The number of hydrogen-bond acceptors (Lipinski definition) is 5. The highest BCUT2D eigenvalue weighted by atomic mass is 19.1. The first-order chi connectivity index (χ1) is 16.5. The largest absolute Gasteiger partial charge is 0.460 e. The topological polar surface area (TPSA) is 78.3 Å². The van der Waals surface area contributed by atoms with Crippen molar-refractivity contribution in [3.63, 3.8) is 0 Å². The summed E-state index contributed by atoms with van der Waals surface area (Å²) in [6, 6.07) is 20.8.